The zero-order valence-electron chi connectivity index (χ0n) is 15.4. The van der Waals surface area contributed by atoms with E-state index >= 15 is 0 Å². The summed E-state index contributed by atoms with van der Waals surface area (Å²) in [6, 6.07) is 15.2. The zero-order valence-corrected chi connectivity index (χ0v) is 16.2. The van der Waals surface area contributed by atoms with Crippen molar-refractivity contribution in [1.82, 2.24) is 15.3 Å². The number of thiophene rings is 1. The Hall–Kier alpha value is -3.45. The van der Waals surface area contributed by atoms with Crippen molar-refractivity contribution in [2.75, 3.05) is 19.5 Å². The fourth-order valence-electron chi connectivity index (χ4n) is 2.94. The van der Waals surface area contributed by atoms with E-state index in [9.17, 15) is 4.79 Å². The third-order valence-corrected chi connectivity index (χ3v) is 5.29. The highest BCUT2D eigenvalue weighted by Crippen LogP contribution is 2.37. The molecule has 0 atom stereocenters. The minimum atomic E-state index is -0.115. The van der Waals surface area contributed by atoms with Crippen LogP contribution in [-0.2, 0) is 0 Å². The standard InChI is InChI=1S/C21H18N4O2S/c1-22-20(26)14-3-7-15(8-4-14)25-19-18-17(11-28-21(18)24-12-23-19)13-5-9-16(27-2)10-6-13/h3-12H,1-2H3,(H,22,26)(H,23,24,25). The number of carbonyl (C=O) groups excluding carboxylic acids is 1. The van der Waals surface area contributed by atoms with Crippen molar-refractivity contribution in [3.8, 4) is 16.9 Å². The number of rotatable bonds is 5. The van der Waals surface area contributed by atoms with Gasteiger partial charge in [0, 0.05) is 29.2 Å². The number of methoxy groups -OCH3 is 1. The van der Waals surface area contributed by atoms with Gasteiger partial charge >= 0.3 is 0 Å². The summed E-state index contributed by atoms with van der Waals surface area (Å²) >= 11 is 1.58. The van der Waals surface area contributed by atoms with Gasteiger partial charge in [-0.15, -0.1) is 11.3 Å². The Morgan fingerprint density at radius 2 is 1.79 bits per heavy atom. The summed E-state index contributed by atoms with van der Waals surface area (Å²) in [6.07, 6.45) is 1.55. The lowest BCUT2D eigenvalue weighted by molar-refractivity contribution is 0.0963. The number of ether oxygens (including phenoxy) is 1. The van der Waals surface area contributed by atoms with Gasteiger partial charge in [-0.2, -0.15) is 0 Å². The van der Waals surface area contributed by atoms with Crippen LogP contribution in [0.4, 0.5) is 11.5 Å². The third kappa shape index (κ3) is 3.39. The van der Waals surface area contributed by atoms with Gasteiger partial charge in [0.1, 0.15) is 22.7 Å². The molecule has 1 amide bonds. The number of fused-ring (bicyclic) bond motifs is 1. The van der Waals surface area contributed by atoms with Gasteiger partial charge in [-0.05, 0) is 42.0 Å². The van der Waals surface area contributed by atoms with Crippen LogP contribution in [0.25, 0.3) is 21.3 Å². The van der Waals surface area contributed by atoms with Crippen LogP contribution in [0.5, 0.6) is 5.75 Å². The molecule has 0 unspecified atom stereocenters. The molecule has 7 heteroatoms. The van der Waals surface area contributed by atoms with E-state index in [0.29, 0.717) is 5.56 Å². The normalized spacial score (nSPS) is 10.6. The molecule has 2 N–H and O–H groups in total. The molecule has 0 bridgehead atoms. The number of amides is 1. The molecular formula is C21H18N4O2S. The van der Waals surface area contributed by atoms with Crippen LogP contribution >= 0.6 is 11.3 Å². The largest absolute Gasteiger partial charge is 0.497 e. The summed E-state index contributed by atoms with van der Waals surface area (Å²) in [7, 11) is 3.27. The number of carbonyl (C=O) groups is 1. The number of hydrogen-bond acceptors (Lipinski definition) is 6. The summed E-state index contributed by atoms with van der Waals surface area (Å²) < 4.78 is 5.25. The summed E-state index contributed by atoms with van der Waals surface area (Å²) in [6.45, 7) is 0. The van der Waals surface area contributed by atoms with Gasteiger partial charge < -0.3 is 15.4 Å². The Morgan fingerprint density at radius 1 is 1.04 bits per heavy atom. The molecule has 2 aromatic carbocycles. The third-order valence-electron chi connectivity index (χ3n) is 4.41. The van der Waals surface area contributed by atoms with E-state index in [2.05, 4.69) is 26.0 Å². The second-order valence-corrected chi connectivity index (χ2v) is 6.92. The van der Waals surface area contributed by atoms with Gasteiger partial charge in [-0.25, -0.2) is 9.97 Å². The number of nitrogens with zero attached hydrogens (tertiary/aromatic N) is 2. The van der Waals surface area contributed by atoms with Crippen molar-refractivity contribution in [2.45, 2.75) is 0 Å². The van der Waals surface area contributed by atoms with Crippen molar-refractivity contribution < 1.29 is 9.53 Å². The molecule has 0 aliphatic carbocycles. The van der Waals surface area contributed by atoms with Crippen molar-refractivity contribution in [1.29, 1.82) is 0 Å². The van der Waals surface area contributed by atoms with E-state index in [-0.39, 0.29) is 5.91 Å². The second kappa shape index (κ2) is 7.66. The molecule has 2 heterocycles. The van der Waals surface area contributed by atoms with Crippen LogP contribution in [0.3, 0.4) is 0 Å². The van der Waals surface area contributed by atoms with Crippen LogP contribution in [0.1, 0.15) is 10.4 Å². The Balaban J connectivity index is 1.71. The molecule has 6 nitrogen and oxygen atoms in total. The number of hydrogen-bond donors (Lipinski definition) is 2. The van der Waals surface area contributed by atoms with Crippen LogP contribution in [-0.4, -0.2) is 30.0 Å². The van der Waals surface area contributed by atoms with Gasteiger partial charge in [0.25, 0.3) is 5.91 Å². The van der Waals surface area contributed by atoms with Crippen LogP contribution in [0, 0.1) is 0 Å². The predicted octanol–water partition coefficient (Wildman–Crippen LogP) is 4.47. The molecule has 4 rings (SSSR count). The van der Waals surface area contributed by atoms with Crippen molar-refractivity contribution >= 4 is 39.0 Å². The van der Waals surface area contributed by atoms with Crippen LogP contribution < -0.4 is 15.4 Å². The average Bonchev–Trinajstić information content (AvgIpc) is 3.19. The molecule has 4 aromatic rings. The quantitative estimate of drug-likeness (QED) is 0.526. The average molecular weight is 390 g/mol. The molecule has 2 aromatic heterocycles. The fourth-order valence-corrected chi connectivity index (χ4v) is 3.85. The Bertz CT molecular complexity index is 1120. The highest BCUT2D eigenvalue weighted by Gasteiger charge is 2.14. The number of benzene rings is 2. The van der Waals surface area contributed by atoms with Crippen molar-refractivity contribution in [2.24, 2.45) is 0 Å². The van der Waals surface area contributed by atoms with Crippen LogP contribution in [0.2, 0.25) is 0 Å². The monoisotopic (exact) mass is 390 g/mol. The number of anilines is 2. The van der Waals surface area contributed by atoms with E-state index in [1.54, 1.807) is 44.0 Å². The van der Waals surface area contributed by atoms with Gasteiger partial charge in [0.05, 0.1) is 12.5 Å². The lowest BCUT2D eigenvalue weighted by Crippen LogP contribution is -2.17. The van der Waals surface area contributed by atoms with Gasteiger partial charge in [-0.3, -0.25) is 4.79 Å². The molecular weight excluding hydrogens is 372 g/mol. The molecule has 28 heavy (non-hydrogen) atoms. The molecule has 0 aliphatic rings. The highest BCUT2D eigenvalue weighted by molar-refractivity contribution is 7.17. The van der Waals surface area contributed by atoms with E-state index in [0.717, 1.165) is 38.6 Å². The maximum Gasteiger partial charge on any atom is 0.251 e. The fraction of sp³-hybridized carbons (Fsp3) is 0.0952. The molecule has 0 fully saturated rings. The number of aromatic nitrogens is 2. The minimum Gasteiger partial charge on any atom is -0.497 e. The Labute approximate surface area is 166 Å². The summed E-state index contributed by atoms with van der Waals surface area (Å²) in [4.78, 5) is 21.5. The van der Waals surface area contributed by atoms with Crippen molar-refractivity contribution in [3.05, 3.63) is 65.8 Å². The Morgan fingerprint density at radius 3 is 2.46 bits per heavy atom. The van der Waals surface area contributed by atoms with E-state index in [1.165, 1.54) is 0 Å². The predicted molar refractivity (Wildman–Crippen MR) is 113 cm³/mol. The first kappa shape index (κ1) is 17.9. The second-order valence-electron chi connectivity index (χ2n) is 6.06. The number of nitrogens with one attached hydrogen (secondary N) is 2. The maximum atomic E-state index is 11.7. The van der Waals surface area contributed by atoms with Gasteiger partial charge in [0.15, 0.2) is 0 Å². The smallest absolute Gasteiger partial charge is 0.251 e. The first-order chi connectivity index (χ1) is 13.7. The zero-order chi connectivity index (χ0) is 19.5. The molecule has 0 saturated carbocycles. The lowest BCUT2D eigenvalue weighted by Gasteiger charge is -2.09. The highest BCUT2D eigenvalue weighted by atomic mass is 32.1. The molecule has 0 saturated heterocycles. The Kier molecular flexibility index (Phi) is 4.90. The SMILES string of the molecule is CNC(=O)c1ccc(Nc2ncnc3scc(-c4ccc(OC)cc4)c23)cc1. The van der Waals surface area contributed by atoms with Crippen molar-refractivity contribution in [3.63, 3.8) is 0 Å². The van der Waals surface area contributed by atoms with Gasteiger partial charge in [0.2, 0.25) is 0 Å². The first-order valence-electron chi connectivity index (χ1n) is 8.65. The topological polar surface area (TPSA) is 76.1 Å². The molecule has 140 valence electrons. The minimum absolute atomic E-state index is 0.115. The van der Waals surface area contributed by atoms with E-state index in [4.69, 9.17) is 4.74 Å². The summed E-state index contributed by atoms with van der Waals surface area (Å²) in [5.41, 5.74) is 3.59. The molecule has 0 spiro atoms. The molecule has 0 aliphatic heterocycles. The summed E-state index contributed by atoms with van der Waals surface area (Å²) in [5, 5.41) is 9.02. The summed E-state index contributed by atoms with van der Waals surface area (Å²) in [5.74, 6) is 1.43. The van der Waals surface area contributed by atoms with E-state index in [1.807, 2.05) is 36.4 Å². The van der Waals surface area contributed by atoms with Gasteiger partial charge in [-0.1, -0.05) is 12.1 Å². The van der Waals surface area contributed by atoms with Crippen LogP contribution in [0.15, 0.2) is 60.2 Å². The first-order valence-corrected chi connectivity index (χ1v) is 9.53. The lowest BCUT2D eigenvalue weighted by atomic mass is 10.1. The molecule has 0 radical (unpaired) electrons. The maximum absolute atomic E-state index is 11.7. The van der Waals surface area contributed by atoms with E-state index < -0.39 is 0 Å².